The molecule has 0 atom stereocenters. The number of nitrogens with one attached hydrogen (secondary N) is 1. The van der Waals surface area contributed by atoms with E-state index in [1.54, 1.807) is 0 Å². The van der Waals surface area contributed by atoms with E-state index in [4.69, 9.17) is 0 Å². The summed E-state index contributed by atoms with van der Waals surface area (Å²) in [5, 5.41) is 3.51. The SMILES string of the molecule is CC(C)(C)c1ccc(CN2CCNCc3ccccc32)cc1. The zero-order valence-electron chi connectivity index (χ0n) is 13.9. The van der Waals surface area contributed by atoms with Gasteiger partial charge in [-0.3, -0.25) is 0 Å². The van der Waals surface area contributed by atoms with Crippen LogP contribution in [0.5, 0.6) is 0 Å². The van der Waals surface area contributed by atoms with E-state index >= 15 is 0 Å². The van der Waals surface area contributed by atoms with Gasteiger partial charge in [-0.25, -0.2) is 0 Å². The second-order valence-electron chi connectivity index (χ2n) is 7.17. The molecule has 0 radical (unpaired) electrons. The normalized spacial score (nSPS) is 15.3. The fraction of sp³-hybridized carbons (Fsp3) is 0.400. The van der Waals surface area contributed by atoms with Gasteiger partial charge in [0, 0.05) is 31.9 Å². The molecule has 0 spiro atoms. The van der Waals surface area contributed by atoms with Gasteiger partial charge in [0.1, 0.15) is 0 Å². The van der Waals surface area contributed by atoms with E-state index in [0.29, 0.717) is 0 Å². The van der Waals surface area contributed by atoms with Crippen molar-refractivity contribution in [2.75, 3.05) is 18.0 Å². The van der Waals surface area contributed by atoms with E-state index in [2.05, 4.69) is 79.5 Å². The van der Waals surface area contributed by atoms with Gasteiger partial charge in [0.05, 0.1) is 0 Å². The maximum absolute atomic E-state index is 3.51. The van der Waals surface area contributed by atoms with E-state index in [0.717, 1.165) is 26.2 Å². The first-order valence-corrected chi connectivity index (χ1v) is 8.17. The third kappa shape index (κ3) is 3.33. The van der Waals surface area contributed by atoms with Crippen molar-refractivity contribution in [3.05, 3.63) is 65.2 Å². The lowest BCUT2D eigenvalue weighted by molar-refractivity contribution is 0.590. The predicted molar refractivity (Wildman–Crippen MR) is 94.3 cm³/mol. The van der Waals surface area contributed by atoms with E-state index < -0.39 is 0 Å². The number of anilines is 1. The lowest BCUT2D eigenvalue weighted by atomic mass is 9.87. The Morgan fingerprint density at radius 2 is 1.73 bits per heavy atom. The minimum absolute atomic E-state index is 0.220. The number of benzene rings is 2. The third-order valence-electron chi connectivity index (χ3n) is 4.40. The third-order valence-corrected chi connectivity index (χ3v) is 4.40. The summed E-state index contributed by atoms with van der Waals surface area (Å²) in [4.78, 5) is 2.49. The van der Waals surface area contributed by atoms with Crippen molar-refractivity contribution in [2.45, 2.75) is 39.3 Å². The monoisotopic (exact) mass is 294 g/mol. The van der Waals surface area contributed by atoms with Crippen LogP contribution in [0.15, 0.2) is 48.5 Å². The molecule has 0 unspecified atom stereocenters. The molecule has 0 bridgehead atoms. The predicted octanol–water partition coefficient (Wildman–Crippen LogP) is 4.09. The highest BCUT2D eigenvalue weighted by Gasteiger charge is 2.16. The molecule has 0 saturated heterocycles. The Balaban J connectivity index is 1.81. The first-order chi connectivity index (χ1) is 10.5. The first-order valence-electron chi connectivity index (χ1n) is 8.17. The van der Waals surface area contributed by atoms with E-state index in [9.17, 15) is 0 Å². The molecule has 2 aromatic carbocycles. The van der Waals surface area contributed by atoms with Crippen LogP contribution < -0.4 is 10.2 Å². The van der Waals surface area contributed by atoms with Crippen LogP contribution in [0, 0.1) is 0 Å². The standard InChI is InChI=1S/C20H26N2/c1-20(2,3)18-10-8-16(9-11-18)15-22-13-12-21-14-17-6-4-5-7-19(17)22/h4-11,21H,12-15H2,1-3H3. The molecule has 1 aliphatic rings. The summed E-state index contributed by atoms with van der Waals surface area (Å²) < 4.78 is 0. The minimum Gasteiger partial charge on any atom is -0.366 e. The van der Waals surface area contributed by atoms with E-state index in [-0.39, 0.29) is 5.41 Å². The summed E-state index contributed by atoms with van der Waals surface area (Å²) in [5.74, 6) is 0. The second kappa shape index (κ2) is 6.13. The Hall–Kier alpha value is -1.80. The summed E-state index contributed by atoms with van der Waals surface area (Å²) >= 11 is 0. The van der Waals surface area contributed by atoms with E-state index in [1.807, 2.05) is 0 Å². The molecule has 0 aromatic heterocycles. The maximum Gasteiger partial charge on any atom is 0.0430 e. The maximum atomic E-state index is 3.51. The van der Waals surface area contributed by atoms with Crippen LogP contribution in [0.25, 0.3) is 0 Å². The van der Waals surface area contributed by atoms with Crippen LogP contribution in [0.3, 0.4) is 0 Å². The van der Waals surface area contributed by atoms with E-state index in [1.165, 1.54) is 22.4 Å². The minimum atomic E-state index is 0.220. The number of fused-ring (bicyclic) bond motifs is 1. The highest BCUT2D eigenvalue weighted by molar-refractivity contribution is 5.54. The zero-order valence-corrected chi connectivity index (χ0v) is 13.9. The Morgan fingerprint density at radius 3 is 2.45 bits per heavy atom. The Bertz CT molecular complexity index is 623. The van der Waals surface area contributed by atoms with Crippen LogP contribution >= 0.6 is 0 Å². The molecule has 22 heavy (non-hydrogen) atoms. The van der Waals surface area contributed by atoms with Crippen molar-refractivity contribution in [1.29, 1.82) is 0 Å². The molecule has 0 fully saturated rings. The van der Waals surface area contributed by atoms with Gasteiger partial charge in [-0.05, 0) is 28.2 Å². The van der Waals surface area contributed by atoms with Crippen LogP contribution in [0.1, 0.15) is 37.5 Å². The quantitative estimate of drug-likeness (QED) is 0.897. The molecule has 0 aliphatic carbocycles. The molecule has 2 heteroatoms. The molecule has 0 amide bonds. The number of hydrogen-bond donors (Lipinski definition) is 1. The molecular weight excluding hydrogens is 268 g/mol. The number of hydrogen-bond acceptors (Lipinski definition) is 2. The molecule has 1 N–H and O–H groups in total. The lowest BCUT2D eigenvalue weighted by Crippen LogP contribution is -2.28. The van der Waals surface area contributed by atoms with Gasteiger partial charge in [0.25, 0.3) is 0 Å². The van der Waals surface area contributed by atoms with Gasteiger partial charge in [-0.15, -0.1) is 0 Å². The lowest BCUT2D eigenvalue weighted by Gasteiger charge is -2.25. The highest BCUT2D eigenvalue weighted by Crippen LogP contribution is 2.26. The van der Waals surface area contributed by atoms with Crippen LogP contribution in [0.2, 0.25) is 0 Å². The highest BCUT2D eigenvalue weighted by atomic mass is 15.2. The fourth-order valence-corrected chi connectivity index (χ4v) is 3.02. The Kier molecular flexibility index (Phi) is 4.21. The molecule has 1 heterocycles. The Morgan fingerprint density at radius 1 is 1.00 bits per heavy atom. The summed E-state index contributed by atoms with van der Waals surface area (Å²) in [7, 11) is 0. The van der Waals surface area contributed by atoms with Crippen molar-refractivity contribution in [2.24, 2.45) is 0 Å². The molecular formula is C20H26N2. The second-order valence-corrected chi connectivity index (χ2v) is 7.17. The summed E-state index contributed by atoms with van der Waals surface area (Å²) in [6.07, 6.45) is 0. The van der Waals surface area contributed by atoms with Gasteiger partial charge in [0.2, 0.25) is 0 Å². The molecule has 116 valence electrons. The van der Waals surface area contributed by atoms with Crippen molar-refractivity contribution in [1.82, 2.24) is 5.32 Å². The number of para-hydroxylation sites is 1. The molecule has 1 aliphatic heterocycles. The molecule has 3 rings (SSSR count). The fourth-order valence-electron chi connectivity index (χ4n) is 3.02. The zero-order chi connectivity index (χ0) is 15.6. The topological polar surface area (TPSA) is 15.3 Å². The first kappa shape index (κ1) is 15.1. The number of rotatable bonds is 2. The summed E-state index contributed by atoms with van der Waals surface area (Å²) in [6, 6.07) is 17.8. The van der Waals surface area contributed by atoms with Crippen molar-refractivity contribution in [3.63, 3.8) is 0 Å². The van der Waals surface area contributed by atoms with Crippen LogP contribution in [-0.2, 0) is 18.5 Å². The Labute approximate surface area is 134 Å². The van der Waals surface area contributed by atoms with Gasteiger partial charge >= 0.3 is 0 Å². The average Bonchev–Trinajstić information content (AvgIpc) is 2.70. The molecule has 0 saturated carbocycles. The van der Waals surface area contributed by atoms with Gasteiger partial charge in [-0.2, -0.15) is 0 Å². The summed E-state index contributed by atoms with van der Waals surface area (Å²) in [5.41, 5.74) is 5.76. The average molecular weight is 294 g/mol. The van der Waals surface area contributed by atoms with Gasteiger partial charge in [-0.1, -0.05) is 63.2 Å². The smallest absolute Gasteiger partial charge is 0.0430 e. The van der Waals surface area contributed by atoms with Crippen molar-refractivity contribution < 1.29 is 0 Å². The largest absolute Gasteiger partial charge is 0.366 e. The van der Waals surface area contributed by atoms with Gasteiger partial charge in [0.15, 0.2) is 0 Å². The van der Waals surface area contributed by atoms with Crippen molar-refractivity contribution >= 4 is 5.69 Å². The van der Waals surface area contributed by atoms with Crippen LogP contribution in [-0.4, -0.2) is 13.1 Å². The summed E-state index contributed by atoms with van der Waals surface area (Å²) in [6.45, 7) is 10.8. The van der Waals surface area contributed by atoms with Crippen LogP contribution in [0.4, 0.5) is 5.69 Å². The molecule has 2 nitrogen and oxygen atoms in total. The number of nitrogens with zero attached hydrogens (tertiary/aromatic N) is 1. The van der Waals surface area contributed by atoms with Gasteiger partial charge < -0.3 is 10.2 Å². The molecule has 2 aromatic rings. The van der Waals surface area contributed by atoms with Crippen molar-refractivity contribution in [3.8, 4) is 0 Å².